The van der Waals surface area contributed by atoms with Gasteiger partial charge in [0.25, 0.3) is 0 Å². The zero-order valence-corrected chi connectivity index (χ0v) is 11.2. The van der Waals surface area contributed by atoms with Gasteiger partial charge in [0.1, 0.15) is 0 Å². The van der Waals surface area contributed by atoms with E-state index in [0.717, 1.165) is 11.6 Å². The second kappa shape index (κ2) is 5.54. The van der Waals surface area contributed by atoms with E-state index in [1.165, 1.54) is 38.9 Å². The Kier molecular flexibility index (Phi) is 4.05. The van der Waals surface area contributed by atoms with Crippen LogP contribution in [0.2, 0.25) is 0 Å². The lowest BCUT2D eigenvalue weighted by Gasteiger charge is -2.32. The molecule has 0 saturated carbocycles. The second-order valence-corrected chi connectivity index (χ2v) is 4.94. The predicted molar refractivity (Wildman–Crippen MR) is 71.5 cm³/mol. The van der Waals surface area contributed by atoms with Crippen LogP contribution < -0.4 is 5.32 Å². The molecule has 17 heavy (non-hydrogen) atoms. The third-order valence-electron chi connectivity index (χ3n) is 3.57. The van der Waals surface area contributed by atoms with Crippen LogP contribution in [-0.4, -0.2) is 41.1 Å². The number of rotatable bonds is 4. The molecule has 2 heterocycles. The normalized spacial score (nSPS) is 18.5. The molecule has 1 aromatic heterocycles. The van der Waals surface area contributed by atoms with E-state index in [0.29, 0.717) is 6.04 Å². The van der Waals surface area contributed by atoms with Crippen molar-refractivity contribution in [1.29, 1.82) is 0 Å². The summed E-state index contributed by atoms with van der Waals surface area (Å²) in [7, 11) is 1.95. The van der Waals surface area contributed by atoms with Crippen molar-refractivity contribution in [3.63, 3.8) is 0 Å². The average Bonchev–Trinajstić information content (AvgIpc) is 2.72. The topological polar surface area (TPSA) is 33.1 Å². The molecular formula is C13H24N4. The van der Waals surface area contributed by atoms with Crippen molar-refractivity contribution in [2.45, 2.75) is 39.2 Å². The molecule has 4 nitrogen and oxygen atoms in total. The zero-order chi connectivity index (χ0) is 12.3. The highest BCUT2D eigenvalue weighted by atomic mass is 15.2. The van der Waals surface area contributed by atoms with Crippen LogP contribution in [0.15, 0.2) is 6.20 Å². The molecule has 0 radical (unpaired) electrons. The van der Waals surface area contributed by atoms with Crippen LogP contribution >= 0.6 is 0 Å². The van der Waals surface area contributed by atoms with Crippen molar-refractivity contribution in [2.24, 2.45) is 0 Å². The van der Waals surface area contributed by atoms with Crippen molar-refractivity contribution < 1.29 is 0 Å². The van der Waals surface area contributed by atoms with Gasteiger partial charge in [-0.15, -0.1) is 0 Å². The minimum atomic E-state index is 0.617. The first-order valence-electron chi connectivity index (χ1n) is 6.70. The van der Waals surface area contributed by atoms with Crippen LogP contribution in [0, 0.1) is 6.92 Å². The zero-order valence-electron chi connectivity index (χ0n) is 11.2. The maximum Gasteiger partial charge on any atom is 0.203 e. The Morgan fingerprint density at radius 3 is 2.71 bits per heavy atom. The van der Waals surface area contributed by atoms with E-state index < -0.39 is 0 Å². The van der Waals surface area contributed by atoms with Gasteiger partial charge in [-0.2, -0.15) is 0 Å². The van der Waals surface area contributed by atoms with E-state index in [1.807, 2.05) is 7.05 Å². The molecule has 1 fully saturated rings. The Morgan fingerprint density at radius 2 is 2.12 bits per heavy atom. The number of imidazole rings is 1. The lowest BCUT2D eigenvalue weighted by atomic mass is 10.0. The number of nitrogens with zero attached hydrogens (tertiary/aromatic N) is 3. The fourth-order valence-corrected chi connectivity index (χ4v) is 2.72. The molecule has 0 amide bonds. The van der Waals surface area contributed by atoms with Crippen LogP contribution in [0.1, 0.15) is 37.9 Å². The Morgan fingerprint density at radius 1 is 1.41 bits per heavy atom. The minimum absolute atomic E-state index is 0.617. The number of aromatic nitrogens is 2. The number of piperidine rings is 1. The SMILES string of the molecule is CCCN1CCC(n2cc(C)nc2NC)CC1. The molecule has 0 aromatic carbocycles. The van der Waals surface area contributed by atoms with Crippen molar-refractivity contribution in [3.8, 4) is 0 Å². The molecule has 96 valence electrons. The molecule has 1 aromatic rings. The maximum atomic E-state index is 4.50. The maximum absolute atomic E-state index is 4.50. The van der Waals surface area contributed by atoms with Crippen LogP contribution in [0.3, 0.4) is 0 Å². The highest BCUT2D eigenvalue weighted by Crippen LogP contribution is 2.26. The fourth-order valence-electron chi connectivity index (χ4n) is 2.72. The summed E-state index contributed by atoms with van der Waals surface area (Å²) in [4.78, 5) is 7.07. The molecule has 0 aliphatic carbocycles. The third kappa shape index (κ3) is 2.80. The fraction of sp³-hybridized carbons (Fsp3) is 0.769. The van der Waals surface area contributed by atoms with Gasteiger partial charge >= 0.3 is 0 Å². The van der Waals surface area contributed by atoms with Gasteiger partial charge in [0, 0.05) is 32.4 Å². The van der Waals surface area contributed by atoms with Crippen LogP contribution in [-0.2, 0) is 0 Å². The number of likely N-dealkylation sites (tertiary alicyclic amines) is 1. The molecular weight excluding hydrogens is 212 g/mol. The number of hydrogen-bond acceptors (Lipinski definition) is 3. The van der Waals surface area contributed by atoms with E-state index in [4.69, 9.17) is 0 Å². The monoisotopic (exact) mass is 236 g/mol. The van der Waals surface area contributed by atoms with Crippen molar-refractivity contribution in [3.05, 3.63) is 11.9 Å². The first kappa shape index (κ1) is 12.4. The summed E-state index contributed by atoms with van der Waals surface area (Å²) in [6.45, 7) is 8.00. The van der Waals surface area contributed by atoms with Gasteiger partial charge in [0.05, 0.1) is 5.69 Å². The highest BCUT2D eigenvalue weighted by Gasteiger charge is 2.21. The van der Waals surface area contributed by atoms with Gasteiger partial charge < -0.3 is 14.8 Å². The average molecular weight is 236 g/mol. The summed E-state index contributed by atoms with van der Waals surface area (Å²) in [5.74, 6) is 1.01. The summed E-state index contributed by atoms with van der Waals surface area (Å²) < 4.78 is 2.32. The quantitative estimate of drug-likeness (QED) is 0.870. The van der Waals surface area contributed by atoms with Crippen LogP contribution in [0.4, 0.5) is 5.95 Å². The van der Waals surface area contributed by atoms with E-state index in [1.54, 1.807) is 0 Å². The summed E-state index contributed by atoms with van der Waals surface area (Å²) >= 11 is 0. The lowest BCUT2D eigenvalue weighted by molar-refractivity contribution is 0.187. The van der Waals surface area contributed by atoms with Crippen LogP contribution in [0.5, 0.6) is 0 Å². The molecule has 1 saturated heterocycles. The largest absolute Gasteiger partial charge is 0.359 e. The van der Waals surface area contributed by atoms with Crippen molar-refractivity contribution in [2.75, 3.05) is 32.0 Å². The second-order valence-electron chi connectivity index (χ2n) is 4.94. The number of nitrogens with one attached hydrogen (secondary N) is 1. The van der Waals surface area contributed by atoms with Crippen molar-refractivity contribution >= 4 is 5.95 Å². The molecule has 0 atom stereocenters. The van der Waals surface area contributed by atoms with Crippen LogP contribution in [0.25, 0.3) is 0 Å². The van der Waals surface area contributed by atoms with Gasteiger partial charge in [-0.25, -0.2) is 4.98 Å². The molecule has 0 unspecified atom stereocenters. The Balaban J connectivity index is 2.00. The first-order valence-corrected chi connectivity index (χ1v) is 6.70. The lowest BCUT2D eigenvalue weighted by Crippen LogP contribution is -2.35. The van der Waals surface area contributed by atoms with Gasteiger partial charge in [0.15, 0.2) is 0 Å². The Hall–Kier alpha value is -1.03. The highest BCUT2D eigenvalue weighted by molar-refractivity contribution is 5.28. The molecule has 1 N–H and O–H groups in total. The number of hydrogen-bond donors (Lipinski definition) is 1. The minimum Gasteiger partial charge on any atom is -0.359 e. The number of anilines is 1. The molecule has 1 aliphatic rings. The Labute approximate surface area is 104 Å². The summed E-state index contributed by atoms with van der Waals surface area (Å²) in [6, 6.07) is 0.617. The summed E-state index contributed by atoms with van der Waals surface area (Å²) in [5, 5.41) is 3.19. The van der Waals surface area contributed by atoms with Gasteiger partial charge in [-0.1, -0.05) is 6.92 Å². The van der Waals surface area contributed by atoms with E-state index in [-0.39, 0.29) is 0 Å². The summed E-state index contributed by atoms with van der Waals surface area (Å²) in [6.07, 6.45) is 5.91. The molecule has 0 spiro atoms. The van der Waals surface area contributed by atoms with Gasteiger partial charge in [-0.3, -0.25) is 0 Å². The Bertz CT molecular complexity index is 350. The predicted octanol–water partition coefficient (Wildman–Crippen LogP) is 2.28. The standard InChI is InChI=1S/C13H24N4/c1-4-7-16-8-5-12(6-9-16)17-10-11(2)15-13(17)14-3/h10,12H,4-9H2,1-3H3,(H,14,15). The van der Waals surface area contributed by atoms with E-state index in [9.17, 15) is 0 Å². The van der Waals surface area contributed by atoms with E-state index in [2.05, 4.69) is 39.8 Å². The van der Waals surface area contributed by atoms with E-state index >= 15 is 0 Å². The summed E-state index contributed by atoms with van der Waals surface area (Å²) in [5.41, 5.74) is 1.10. The smallest absolute Gasteiger partial charge is 0.203 e. The van der Waals surface area contributed by atoms with Crippen molar-refractivity contribution in [1.82, 2.24) is 14.5 Å². The third-order valence-corrected chi connectivity index (χ3v) is 3.57. The number of aryl methyl sites for hydroxylation is 1. The van der Waals surface area contributed by atoms with Gasteiger partial charge in [0.2, 0.25) is 5.95 Å². The molecule has 1 aliphatic heterocycles. The molecule has 2 rings (SSSR count). The molecule has 4 heteroatoms. The molecule has 0 bridgehead atoms. The van der Waals surface area contributed by atoms with Gasteiger partial charge in [-0.05, 0) is 32.7 Å². The first-order chi connectivity index (χ1) is 8.24.